The second-order valence-corrected chi connectivity index (χ2v) is 9.08. The van der Waals surface area contributed by atoms with Crippen molar-refractivity contribution in [1.82, 2.24) is 4.90 Å². The number of aliphatic hydroxyl groups excluding tert-OH is 1. The standard InChI is InChI=1S/C29H27NO7/c1-17(2)37-22-11-6-19(7-12-22)26-25(27(31)20-8-13-23-24(14-20)36-16-35-23)28(32)29(33)30(26)15-18-4-9-21(34-3)10-5-18/h4-14,17,26,31H,15-16H2,1-3H3/b27-25-. The zero-order valence-electron chi connectivity index (χ0n) is 20.8. The van der Waals surface area contributed by atoms with E-state index >= 15 is 0 Å². The van der Waals surface area contributed by atoms with Crippen molar-refractivity contribution in [3.05, 3.63) is 89.0 Å². The summed E-state index contributed by atoms with van der Waals surface area (Å²) in [6, 6.07) is 18.6. The lowest BCUT2D eigenvalue weighted by atomic mass is 9.95. The van der Waals surface area contributed by atoms with Gasteiger partial charge in [-0.15, -0.1) is 0 Å². The van der Waals surface area contributed by atoms with Crippen LogP contribution in [0.3, 0.4) is 0 Å². The van der Waals surface area contributed by atoms with Crippen LogP contribution < -0.4 is 18.9 Å². The highest BCUT2D eigenvalue weighted by Crippen LogP contribution is 2.42. The first-order chi connectivity index (χ1) is 17.9. The van der Waals surface area contributed by atoms with Gasteiger partial charge in [-0.3, -0.25) is 9.59 Å². The fourth-order valence-electron chi connectivity index (χ4n) is 4.52. The normalized spacial score (nSPS) is 17.9. The highest BCUT2D eigenvalue weighted by molar-refractivity contribution is 6.46. The molecule has 1 N–H and O–H groups in total. The maximum atomic E-state index is 13.3. The Balaban J connectivity index is 1.58. The summed E-state index contributed by atoms with van der Waals surface area (Å²) in [6.07, 6.45) is -0.00225. The lowest BCUT2D eigenvalue weighted by Gasteiger charge is -2.26. The Morgan fingerprint density at radius 3 is 2.32 bits per heavy atom. The number of carbonyl (C=O) groups excluding carboxylic acids is 2. The lowest BCUT2D eigenvalue weighted by Crippen LogP contribution is -2.29. The number of carbonyl (C=O) groups is 2. The Kier molecular flexibility index (Phi) is 6.48. The molecular formula is C29H27NO7. The molecule has 2 heterocycles. The summed E-state index contributed by atoms with van der Waals surface area (Å²) < 4.78 is 21.8. The number of ketones is 1. The first-order valence-corrected chi connectivity index (χ1v) is 11.9. The van der Waals surface area contributed by atoms with Gasteiger partial charge in [0.15, 0.2) is 11.5 Å². The number of methoxy groups -OCH3 is 1. The van der Waals surface area contributed by atoms with E-state index in [9.17, 15) is 14.7 Å². The number of Topliss-reactive ketones (excluding diaryl/α,β-unsaturated/α-hetero) is 1. The minimum atomic E-state index is -0.805. The highest BCUT2D eigenvalue weighted by Gasteiger charge is 2.46. The molecule has 0 saturated carbocycles. The molecular weight excluding hydrogens is 474 g/mol. The van der Waals surface area contributed by atoms with Gasteiger partial charge in [-0.2, -0.15) is 0 Å². The number of benzene rings is 3. The van der Waals surface area contributed by atoms with Crippen molar-refractivity contribution in [3.63, 3.8) is 0 Å². The van der Waals surface area contributed by atoms with Gasteiger partial charge in [0.1, 0.15) is 17.3 Å². The minimum Gasteiger partial charge on any atom is -0.507 e. The molecule has 5 rings (SSSR count). The molecule has 0 aromatic heterocycles. The molecule has 2 aliphatic heterocycles. The molecule has 0 spiro atoms. The van der Waals surface area contributed by atoms with Crippen LogP contribution in [0.2, 0.25) is 0 Å². The molecule has 0 radical (unpaired) electrons. The maximum Gasteiger partial charge on any atom is 0.295 e. The van der Waals surface area contributed by atoms with Crippen molar-refractivity contribution < 1.29 is 33.6 Å². The zero-order valence-corrected chi connectivity index (χ0v) is 20.8. The number of nitrogens with zero attached hydrogens (tertiary/aromatic N) is 1. The zero-order chi connectivity index (χ0) is 26.1. The van der Waals surface area contributed by atoms with Gasteiger partial charge in [0, 0.05) is 12.1 Å². The Labute approximate surface area is 214 Å². The molecule has 1 atom stereocenters. The predicted octanol–water partition coefficient (Wildman–Crippen LogP) is 4.83. The molecule has 1 unspecified atom stereocenters. The number of ether oxygens (including phenoxy) is 4. The summed E-state index contributed by atoms with van der Waals surface area (Å²) in [4.78, 5) is 28.1. The number of hydrogen-bond acceptors (Lipinski definition) is 7. The lowest BCUT2D eigenvalue weighted by molar-refractivity contribution is -0.140. The number of fused-ring (bicyclic) bond motifs is 1. The summed E-state index contributed by atoms with van der Waals surface area (Å²) in [5.74, 6) is 0.646. The first kappa shape index (κ1) is 24.2. The summed E-state index contributed by atoms with van der Waals surface area (Å²) >= 11 is 0. The molecule has 190 valence electrons. The van der Waals surface area contributed by atoms with Crippen LogP contribution in [0.1, 0.15) is 36.6 Å². The van der Waals surface area contributed by atoms with Crippen molar-refractivity contribution in [2.45, 2.75) is 32.5 Å². The minimum absolute atomic E-state index is 0.00225. The average molecular weight is 502 g/mol. The van der Waals surface area contributed by atoms with E-state index in [-0.39, 0.29) is 30.8 Å². The third kappa shape index (κ3) is 4.70. The van der Waals surface area contributed by atoms with E-state index in [4.69, 9.17) is 18.9 Å². The number of likely N-dealkylation sites (tertiary alicyclic amines) is 1. The van der Waals surface area contributed by atoms with E-state index in [2.05, 4.69) is 0 Å². The van der Waals surface area contributed by atoms with Crippen LogP contribution in [-0.2, 0) is 16.1 Å². The molecule has 0 aliphatic carbocycles. The molecule has 3 aromatic rings. The van der Waals surface area contributed by atoms with Gasteiger partial charge in [-0.1, -0.05) is 24.3 Å². The van der Waals surface area contributed by atoms with Crippen LogP contribution >= 0.6 is 0 Å². The molecule has 1 saturated heterocycles. The van der Waals surface area contributed by atoms with Gasteiger partial charge in [0.2, 0.25) is 6.79 Å². The van der Waals surface area contributed by atoms with Gasteiger partial charge >= 0.3 is 0 Å². The van der Waals surface area contributed by atoms with E-state index in [0.717, 1.165) is 5.56 Å². The monoisotopic (exact) mass is 501 g/mol. The predicted molar refractivity (Wildman–Crippen MR) is 136 cm³/mol. The molecule has 8 nitrogen and oxygen atoms in total. The van der Waals surface area contributed by atoms with Crippen molar-refractivity contribution in [1.29, 1.82) is 0 Å². The van der Waals surface area contributed by atoms with Crippen molar-refractivity contribution >= 4 is 17.4 Å². The van der Waals surface area contributed by atoms with Gasteiger partial charge in [0.05, 0.1) is 24.8 Å². The number of rotatable bonds is 7. The maximum absolute atomic E-state index is 13.3. The average Bonchev–Trinajstić information content (AvgIpc) is 3.47. The van der Waals surface area contributed by atoms with Crippen LogP contribution in [0.5, 0.6) is 23.0 Å². The Morgan fingerprint density at radius 1 is 0.973 bits per heavy atom. The fraction of sp³-hybridized carbons (Fsp3) is 0.241. The molecule has 1 fully saturated rings. The first-order valence-electron chi connectivity index (χ1n) is 11.9. The number of hydrogen-bond donors (Lipinski definition) is 1. The fourth-order valence-corrected chi connectivity index (χ4v) is 4.52. The topological polar surface area (TPSA) is 94.5 Å². The highest BCUT2D eigenvalue weighted by atomic mass is 16.7. The Bertz CT molecular complexity index is 1360. The third-order valence-electron chi connectivity index (χ3n) is 6.27. The summed E-state index contributed by atoms with van der Waals surface area (Å²) in [7, 11) is 1.58. The van der Waals surface area contributed by atoms with Crippen LogP contribution in [0, 0.1) is 0 Å². The van der Waals surface area contributed by atoms with E-state index in [1.54, 1.807) is 49.6 Å². The smallest absolute Gasteiger partial charge is 0.295 e. The van der Waals surface area contributed by atoms with Crippen LogP contribution in [0.15, 0.2) is 72.3 Å². The summed E-state index contributed by atoms with van der Waals surface area (Å²) in [5, 5.41) is 11.3. The van der Waals surface area contributed by atoms with Gasteiger partial charge < -0.3 is 29.0 Å². The molecule has 8 heteroatoms. The molecule has 37 heavy (non-hydrogen) atoms. The van der Waals surface area contributed by atoms with Crippen LogP contribution in [-0.4, -0.2) is 41.7 Å². The Hall–Kier alpha value is -4.46. The van der Waals surface area contributed by atoms with E-state index in [1.807, 2.05) is 38.1 Å². The molecule has 0 bridgehead atoms. The van der Waals surface area contributed by atoms with Gasteiger partial charge in [-0.05, 0) is 67.4 Å². The second-order valence-electron chi connectivity index (χ2n) is 9.08. The van der Waals surface area contributed by atoms with Crippen molar-refractivity contribution in [2.75, 3.05) is 13.9 Å². The Morgan fingerprint density at radius 2 is 1.65 bits per heavy atom. The van der Waals surface area contributed by atoms with Crippen molar-refractivity contribution in [3.8, 4) is 23.0 Å². The summed E-state index contributed by atoms with van der Waals surface area (Å²) in [6.45, 7) is 4.12. The number of amides is 1. The van der Waals surface area contributed by atoms with E-state index < -0.39 is 17.7 Å². The van der Waals surface area contributed by atoms with E-state index in [0.29, 0.717) is 34.1 Å². The van der Waals surface area contributed by atoms with E-state index in [1.165, 1.54) is 4.90 Å². The second kappa shape index (κ2) is 9.89. The molecule has 2 aliphatic rings. The van der Waals surface area contributed by atoms with Gasteiger partial charge in [0.25, 0.3) is 11.7 Å². The van der Waals surface area contributed by atoms with Crippen LogP contribution in [0.4, 0.5) is 0 Å². The van der Waals surface area contributed by atoms with Gasteiger partial charge in [-0.25, -0.2) is 0 Å². The summed E-state index contributed by atoms with van der Waals surface area (Å²) in [5.41, 5.74) is 1.85. The molecule has 3 aromatic carbocycles. The number of aliphatic hydroxyl groups is 1. The third-order valence-corrected chi connectivity index (χ3v) is 6.27. The SMILES string of the molecule is COc1ccc(CN2C(=O)C(=O)/C(=C(\O)c3ccc4c(c3)OCO4)C2c2ccc(OC(C)C)cc2)cc1. The van der Waals surface area contributed by atoms with Crippen LogP contribution in [0.25, 0.3) is 5.76 Å². The largest absolute Gasteiger partial charge is 0.507 e. The molecule has 1 amide bonds. The quantitative estimate of drug-likeness (QED) is 0.281. The van der Waals surface area contributed by atoms with Crippen molar-refractivity contribution in [2.24, 2.45) is 0 Å².